The first-order chi connectivity index (χ1) is 8.13. The molecule has 0 aliphatic carbocycles. The molecule has 0 radical (unpaired) electrons. The Balaban J connectivity index is 2.28. The lowest BCUT2D eigenvalue weighted by Crippen LogP contribution is -2.25. The van der Waals surface area contributed by atoms with Crippen molar-refractivity contribution >= 4 is 5.69 Å². The average Bonchev–Trinajstić information content (AvgIpc) is 2.35. The highest BCUT2D eigenvalue weighted by Gasteiger charge is 2.08. The number of nitrogen functional groups attached to an aromatic ring is 1. The van der Waals surface area contributed by atoms with Gasteiger partial charge in [-0.3, -0.25) is 0 Å². The molecule has 2 atom stereocenters. The zero-order valence-corrected chi connectivity index (χ0v) is 10.4. The molecule has 0 spiro atoms. The third-order valence-electron chi connectivity index (χ3n) is 2.50. The maximum Gasteiger partial charge on any atom is 0.142 e. The van der Waals surface area contributed by atoms with Crippen LogP contribution >= 0.6 is 0 Å². The minimum Gasteiger partial charge on any atom is -0.489 e. The van der Waals surface area contributed by atoms with E-state index >= 15 is 0 Å². The Morgan fingerprint density at radius 1 is 1.29 bits per heavy atom. The Hall–Kier alpha value is -1.26. The van der Waals surface area contributed by atoms with Crippen molar-refractivity contribution in [2.24, 2.45) is 0 Å². The monoisotopic (exact) mass is 239 g/mol. The second-order valence-electron chi connectivity index (χ2n) is 4.05. The summed E-state index contributed by atoms with van der Waals surface area (Å²) in [6, 6.07) is 7.22. The Labute approximate surface area is 102 Å². The van der Waals surface area contributed by atoms with Crippen LogP contribution < -0.4 is 10.5 Å². The number of para-hydroxylation sites is 2. The highest BCUT2D eigenvalue weighted by Crippen LogP contribution is 2.19. The maximum atomic E-state index is 9.65. The van der Waals surface area contributed by atoms with Crippen molar-refractivity contribution in [3.63, 3.8) is 0 Å². The number of aliphatic hydroxyl groups excluding tert-OH is 1. The second-order valence-corrected chi connectivity index (χ2v) is 4.05. The number of anilines is 1. The van der Waals surface area contributed by atoms with E-state index in [1.165, 1.54) is 0 Å². The molecule has 0 saturated carbocycles. The molecule has 0 aliphatic heterocycles. The lowest BCUT2D eigenvalue weighted by molar-refractivity contribution is -0.0191. The Morgan fingerprint density at radius 3 is 2.65 bits per heavy atom. The fraction of sp³-hybridized carbons (Fsp3) is 0.538. The Morgan fingerprint density at radius 2 is 2.00 bits per heavy atom. The molecule has 0 bridgehead atoms. The molecule has 0 aromatic heterocycles. The molecule has 4 nitrogen and oxygen atoms in total. The number of rotatable bonds is 7. The molecule has 0 heterocycles. The molecule has 4 heteroatoms. The van der Waals surface area contributed by atoms with Crippen LogP contribution in [-0.4, -0.2) is 30.5 Å². The van der Waals surface area contributed by atoms with Crippen molar-refractivity contribution in [1.82, 2.24) is 0 Å². The van der Waals surface area contributed by atoms with Crippen LogP contribution in [0.4, 0.5) is 5.69 Å². The van der Waals surface area contributed by atoms with E-state index in [4.69, 9.17) is 15.2 Å². The van der Waals surface area contributed by atoms with Gasteiger partial charge in [-0.25, -0.2) is 0 Å². The molecule has 1 rings (SSSR count). The Kier molecular flexibility index (Phi) is 5.80. The first kappa shape index (κ1) is 13.8. The van der Waals surface area contributed by atoms with E-state index in [1.54, 1.807) is 12.1 Å². The van der Waals surface area contributed by atoms with Crippen LogP contribution in [0.1, 0.15) is 20.3 Å². The van der Waals surface area contributed by atoms with Crippen molar-refractivity contribution in [3.05, 3.63) is 24.3 Å². The van der Waals surface area contributed by atoms with Crippen molar-refractivity contribution in [2.45, 2.75) is 32.5 Å². The number of hydrogen-bond acceptors (Lipinski definition) is 4. The smallest absolute Gasteiger partial charge is 0.142 e. The molecule has 0 aliphatic rings. The van der Waals surface area contributed by atoms with Crippen LogP contribution in [-0.2, 0) is 4.74 Å². The minimum absolute atomic E-state index is 0.159. The lowest BCUT2D eigenvalue weighted by Gasteiger charge is -2.16. The van der Waals surface area contributed by atoms with Gasteiger partial charge in [0.2, 0.25) is 0 Å². The van der Waals surface area contributed by atoms with Crippen LogP contribution in [0.3, 0.4) is 0 Å². The maximum absolute atomic E-state index is 9.65. The summed E-state index contributed by atoms with van der Waals surface area (Å²) < 4.78 is 10.8. The fourth-order valence-electron chi connectivity index (χ4n) is 1.24. The number of aliphatic hydroxyl groups is 1. The molecule has 0 saturated heterocycles. The van der Waals surface area contributed by atoms with Gasteiger partial charge in [-0.15, -0.1) is 0 Å². The first-order valence-electron chi connectivity index (χ1n) is 5.90. The van der Waals surface area contributed by atoms with Crippen molar-refractivity contribution in [3.8, 4) is 5.75 Å². The molecule has 0 fully saturated rings. The predicted molar refractivity (Wildman–Crippen MR) is 68.1 cm³/mol. The summed E-state index contributed by atoms with van der Waals surface area (Å²) in [6.07, 6.45) is 0.453. The van der Waals surface area contributed by atoms with Gasteiger partial charge in [0.15, 0.2) is 0 Å². The van der Waals surface area contributed by atoms with Crippen molar-refractivity contribution in [2.75, 3.05) is 18.9 Å². The van der Waals surface area contributed by atoms with Gasteiger partial charge in [0.25, 0.3) is 0 Å². The van der Waals surface area contributed by atoms with E-state index in [9.17, 15) is 5.11 Å². The van der Waals surface area contributed by atoms with Crippen LogP contribution in [0.15, 0.2) is 24.3 Å². The fourth-order valence-corrected chi connectivity index (χ4v) is 1.24. The molecule has 3 N–H and O–H groups in total. The van der Waals surface area contributed by atoms with E-state index in [0.29, 0.717) is 11.4 Å². The van der Waals surface area contributed by atoms with Gasteiger partial charge in [0.1, 0.15) is 18.5 Å². The minimum atomic E-state index is -0.636. The number of benzene rings is 1. The van der Waals surface area contributed by atoms with Crippen LogP contribution in [0.25, 0.3) is 0 Å². The molecule has 96 valence electrons. The summed E-state index contributed by atoms with van der Waals surface area (Å²) in [6.45, 7) is 4.48. The summed E-state index contributed by atoms with van der Waals surface area (Å²) in [5.41, 5.74) is 6.28. The molecule has 17 heavy (non-hydrogen) atoms. The largest absolute Gasteiger partial charge is 0.489 e. The van der Waals surface area contributed by atoms with Gasteiger partial charge in [0.05, 0.1) is 18.4 Å². The van der Waals surface area contributed by atoms with Gasteiger partial charge in [-0.2, -0.15) is 0 Å². The first-order valence-corrected chi connectivity index (χ1v) is 5.90. The summed E-state index contributed by atoms with van der Waals surface area (Å²) in [5, 5.41) is 9.65. The topological polar surface area (TPSA) is 64.7 Å². The normalized spacial score (nSPS) is 14.3. The summed E-state index contributed by atoms with van der Waals surface area (Å²) >= 11 is 0. The van der Waals surface area contributed by atoms with Crippen molar-refractivity contribution < 1.29 is 14.6 Å². The third-order valence-corrected chi connectivity index (χ3v) is 2.50. The quantitative estimate of drug-likeness (QED) is 0.712. The van der Waals surface area contributed by atoms with E-state index in [0.717, 1.165) is 6.42 Å². The summed E-state index contributed by atoms with van der Waals surface area (Å²) in [7, 11) is 0. The standard InChI is InChI=1S/C13H21NO3/c1-3-10(2)16-8-11(15)9-17-13-7-5-4-6-12(13)14/h4-7,10-11,15H,3,8-9,14H2,1-2H3. The highest BCUT2D eigenvalue weighted by molar-refractivity contribution is 5.51. The molecular weight excluding hydrogens is 218 g/mol. The van der Waals surface area contributed by atoms with E-state index < -0.39 is 6.10 Å². The zero-order chi connectivity index (χ0) is 12.7. The number of hydrogen-bond donors (Lipinski definition) is 2. The van der Waals surface area contributed by atoms with Crippen LogP contribution in [0.2, 0.25) is 0 Å². The van der Waals surface area contributed by atoms with Gasteiger partial charge < -0.3 is 20.3 Å². The number of nitrogens with two attached hydrogens (primary N) is 1. The SMILES string of the molecule is CCC(C)OCC(O)COc1ccccc1N. The van der Waals surface area contributed by atoms with Gasteiger partial charge >= 0.3 is 0 Å². The van der Waals surface area contributed by atoms with Crippen molar-refractivity contribution in [1.29, 1.82) is 0 Å². The van der Waals surface area contributed by atoms with E-state index in [2.05, 4.69) is 0 Å². The van der Waals surface area contributed by atoms with E-state index in [1.807, 2.05) is 26.0 Å². The molecular formula is C13H21NO3. The summed E-state index contributed by atoms with van der Waals surface area (Å²) in [4.78, 5) is 0. The molecule has 1 aromatic rings. The number of ether oxygens (including phenoxy) is 2. The summed E-state index contributed by atoms with van der Waals surface area (Å²) in [5.74, 6) is 0.593. The highest BCUT2D eigenvalue weighted by atomic mass is 16.5. The lowest BCUT2D eigenvalue weighted by atomic mass is 10.3. The molecule has 0 amide bonds. The molecule has 1 aromatic carbocycles. The zero-order valence-electron chi connectivity index (χ0n) is 10.4. The van der Waals surface area contributed by atoms with Gasteiger partial charge in [-0.05, 0) is 25.5 Å². The third kappa shape index (κ3) is 5.06. The molecule has 2 unspecified atom stereocenters. The van der Waals surface area contributed by atoms with E-state index in [-0.39, 0.29) is 19.3 Å². The van der Waals surface area contributed by atoms with Gasteiger partial charge in [0, 0.05) is 0 Å². The van der Waals surface area contributed by atoms with Crippen LogP contribution in [0.5, 0.6) is 5.75 Å². The average molecular weight is 239 g/mol. The van der Waals surface area contributed by atoms with Crippen LogP contribution in [0, 0.1) is 0 Å². The predicted octanol–water partition coefficient (Wildman–Crippen LogP) is 1.82. The van der Waals surface area contributed by atoms with Gasteiger partial charge in [-0.1, -0.05) is 19.1 Å². The second kappa shape index (κ2) is 7.14. The Bertz CT molecular complexity index is 330.